The average molecular weight is 224 g/mol. The van der Waals surface area contributed by atoms with Crippen LogP contribution in [0.5, 0.6) is 0 Å². The van der Waals surface area contributed by atoms with E-state index in [9.17, 15) is 4.79 Å². The second-order valence-electron chi connectivity index (χ2n) is 3.24. The number of carbonyl (C=O) groups is 1. The first-order chi connectivity index (χ1) is 7.22. The van der Waals surface area contributed by atoms with E-state index in [2.05, 4.69) is 4.98 Å². The summed E-state index contributed by atoms with van der Waals surface area (Å²) in [5, 5.41) is 0.501. The van der Waals surface area contributed by atoms with Gasteiger partial charge in [0, 0.05) is 0 Å². The van der Waals surface area contributed by atoms with Crippen LogP contribution in [0, 0.1) is 0 Å². The van der Waals surface area contributed by atoms with Gasteiger partial charge >= 0.3 is 5.97 Å². The number of fused-ring (bicyclic) bond motifs is 1. The van der Waals surface area contributed by atoms with E-state index in [1.54, 1.807) is 6.92 Å². The summed E-state index contributed by atoms with van der Waals surface area (Å²) in [6.45, 7) is 2.20. The third kappa shape index (κ3) is 1.87. The van der Waals surface area contributed by atoms with E-state index < -0.39 is 0 Å². The molecule has 0 spiro atoms. The molecule has 80 valence electrons. The first-order valence-corrected chi connectivity index (χ1v) is 5.63. The summed E-state index contributed by atoms with van der Waals surface area (Å²) < 4.78 is 5.00. The Morgan fingerprint density at radius 3 is 3.33 bits per heavy atom. The molecule has 0 saturated heterocycles. The van der Waals surface area contributed by atoms with Crippen LogP contribution >= 0.6 is 11.3 Å². The van der Waals surface area contributed by atoms with Crippen molar-refractivity contribution in [3.8, 4) is 0 Å². The molecule has 5 heteroatoms. The van der Waals surface area contributed by atoms with Crippen molar-refractivity contribution in [3.63, 3.8) is 0 Å². The Balaban J connectivity index is 2.29. The monoisotopic (exact) mass is 224 g/mol. The molecule has 1 aromatic heterocycles. The van der Waals surface area contributed by atoms with E-state index in [1.165, 1.54) is 11.3 Å². The lowest BCUT2D eigenvalue weighted by molar-refractivity contribution is -0.145. The van der Waals surface area contributed by atoms with Crippen molar-refractivity contribution in [1.82, 2.24) is 4.98 Å². The first-order valence-electron chi connectivity index (χ1n) is 4.81. The number of rotatable bonds is 2. The predicted molar refractivity (Wildman–Crippen MR) is 59.6 cm³/mol. The van der Waals surface area contributed by atoms with Gasteiger partial charge in [0.1, 0.15) is 5.92 Å². The van der Waals surface area contributed by atoms with Crippen molar-refractivity contribution in [2.24, 2.45) is 0 Å². The van der Waals surface area contributed by atoms with E-state index in [4.69, 9.17) is 10.5 Å². The number of hydrogen-bond donors (Lipinski definition) is 1. The maximum absolute atomic E-state index is 11.6. The fourth-order valence-corrected chi connectivity index (χ4v) is 2.43. The van der Waals surface area contributed by atoms with Crippen molar-refractivity contribution in [3.05, 3.63) is 16.6 Å². The van der Waals surface area contributed by atoms with Crippen LogP contribution < -0.4 is 5.73 Å². The molecule has 0 aromatic carbocycles. The van der Waals surface area contributed by atoms with E-state index >= 15 is 0 Å². The number of aromatic nitrogens is 1. The lowest BCUT2D eigenvalue weighted by Gasteiger charge is -2.15. The molecule has 0 aliphatic heterocycles. The summed E-state index contributed by atoms with van der Waals surface area (Å²) in [5.74, 6) is -0.494. The molecule has 1 aromatic rings. The predicted octanol–water partition coefficient (Wildman–Crippen LogP) is 1.79. The van der Waals surface area contributed by atoms with Crippen LogP contribution in [0.2, 0.25) is 0 Å². The molecule has 2 rings (SSSR count). The van der Waals surface area contributed by atoms with Crippen molar-refractivity contribution in [1.29, 1.82) is 0 Å². The number of anilines is 1. The topological polar surface area (TPSA) is 65.2 Å². The Kier molecular flexibility index (Phi) is 2.73. The minimum absolute atomic E-state index is 0.214. The molecule has 15 heavy (non-hydrogen) atoms. The summed E-state index contributed by atoms with van der Waals surface area (Å²) in [6, 6.07) is 0. The lowest BCUT2D eigenvalue weighted by atomic mass is 9.96. The van der Waals surface area contributed by atoms with Gasteiger partial charge in [0.15, 0.2) is 5.13 Å². The molecule has 0 saturated carbocycles. The maximum Gasteiger partial charge on any atom is 0.315 e. The van der Waals surface area contributed by atoms with Gasteiger partial charge in [-0.2, -0.15) is 0 Å². The maximum atomic E-state index is 11.6. The quantitative estimate of drug-likeness (QED) is 0.778. The van der Waals surface area contributed by atoms with Crippen LogP contribution in [0.1, 0.15) is 29.8 Å². The van der Waals surface area contributed by atoms with Crippen LogP contribution in [0.25, 0.3) is 6.08 Å². The fourth-order valence-electron chi connectivity index (χ4n) is 1.60. The van der Waals surface area contributed by atoms with Crippen molar-refractivity contribution in [2.75, 3.05) is 12.3 Å². The molecular formula is C10H12N2O2S. The van der Waals surface area contributed by atoms with E-state index in [0.717, 1.165) is 10.6 Å². The number of nitrogen functional groups attached to an aromatic ring is 1. The highest BCUT2D eigenvalue weighted by Gasteiger charge is 2.28. The second kappa shape index (κ2) is 4.02. The average Bonchev–Trinajstić information content (AvgIpc) is 2.57. The van der Waals surface area contributed by atoms with Crippen molar-refractivity contribution in [2.45, 2.75) is 19.3 Å². The van der Waals surface area contributed by atoms with Crippen LogP contribution in [0.3, 0.4) is 0 Å². The van der Waals surface area contributed by atoms with Crippen LogP contribution in [0.15, 0.2) is 6.08 Å². The number of carbonyl (C=O) groups excluding carboxylic acids is 1. The standard InChI is InChI=1S/C10H12N2O2S/c1-2-14-9(13)6-4-3-5-7-8(6)12-10(11)15-7/h3,5-6H,2,4H2,1H3,(H2,11,12). The Morgan fingerprint density at radius 1 is 1.80 bits per heavy atom. The molecule has 1 aliphatic rings. The van der Waals surface area contributed by atoms with Gasteiger partial charge in [0.25, 0.3) is 0 Å². The Bertz CT molecular complexity index is 412. The lowest BCUT2D eigenvalue weighted by Crippen LogP contribution is -2.18. The van der Waals surface area contributed by atoms with Gasteiger partial charge < -0.3 is 10.5 Å². The summed E-state index contributed by atoms with van der Waals surface area (Å²) in [7, 11) is 0. The van der Waals surface area contributed by atoms with Crippen LogP contribution in [-0.2, 0) is 9.53 Å². The van der Waals surface area contributed by atoms with Crippen LogP contribution in [-0.4, -0.2) is 17.6 Å². The molecule has 0 radical (unpaired) electrons. The van der Waals surface area contributed by atoms with Crippen molar-refractivity contribution < 1.29 is 9.53 Å². The number of hydrogen-bond acceptors (Lipinski definition) is 5. The van der Waals surface area contributed by atoms with E-state index in [-0.39, 0.29) is 11.9 Å². The van der Waals surface area contributed by atoms with Gasteiger partial charge in [-0.3, -0.25) is 4.79 Å². The first kappa shape index (κ1) is 10.2. The highest BCUT2D eigenvalue weighted by molar-refractivity contribution is 7.16. The Hall–Kier alpha value is -1.36. The molecule has 1 unspecified atom stereocenters. The third-order valence-corrected chi connectivity index (χ3v) is 3.11. The van der Waals surface area contributed by atoms with Gasteiger partial charge in [0.2, 0.25) is 0 Å². The largest absolute Gasteiger partial charge is 0.465 e. The highest BCUT2D eigenvalue weighted by atomic mass is 32.1. The summed E-state index contributed by atoms with van der Waals surface area (Å²) in [5.41, 5.74) is 6.38. The SMILES string of the molecule is CCOC(=O)C1CC=Cc2sc(N)nc21. The molecule has 2 N–H and O–H groups in total. The highest BCUT2D eigenvalue weighted by Crippen LogP contribution is 2.34. The van der Waals surface area contributed by atoms with Gasteiger partial charge in [-0.15, -0.1) is 0 Å². The molecule has 0 bridgehead atoms. The Labute approximate surface area is 91.8 Å². The summed E-state index contributed by atoms with van der Waals surface area (Å²) in [4.78, 5) is 16.8. The normalized spacial score (nSPS) is 18.6. The van der Waals surface area contributed by atoms with E-state index in [0.29, 0.717) is 18.2 Å². The van der Waals surface area contributed by atoms with Crippen molar-refractivity contribution >= 4 is 28.5 Å². The van der Waals surface area contributed by atoms with Gasteiger partial charge in [-0.25, -0.2) is 4.98 Å². The molecule has 4 nitrogen and oxygen atoms in total. The number of nitrogens with zero attached hydrogens (tertiary/aromatic N) is 1. The zero-order chi connectivity index (χ0) is 10.8. The molecule has 0 fully saturated rings. The number of ether oxygens (including phenoxy) is 1. The number of esters is 1. The zero-order valence-electron chi connectivity index (χ0n) is 8.40. The minimum atomic E-state index is -0.279. The van der Waals surface area contributed by atoms with Gasteiger partial charge in [-0.05, 0) is 19.4 Å². The fraction of sp³-hybridized carbons (Fsp3) is 0.400. The summed E-state index contributed by atoms with van der Waals surface area (Å²) >= 11 is 1.40. The summed E-state index contributed by atoms with van der Waals surface area (Å²) in [6.07, 6.45) is 4.57. The van der Waals surface area contributed by atoms with Gasteiger partial charge in [-0.1, -0.05) is 17.4 Å². The number of thiazole rings is 1. The molecular weight excluding hydrogens is 212 g/mol. The molecule has 1 heterocycles. The number of allylic oxidation sites excluding steroid dienone is 1. The molecule has 1 atom stereocenters. The zero-order valence-corrected chi connectivity index (χ0v) is 9.21. The van der Waals surface area contributed by atoms with Gasteiger partial charge in [0.05, 0.1) is 17.2 Å². The number of nitrogens with two attached hydrogens (primary N) is 1. The van der Waals surface area contributed by atoms with Crippen LogP contribution in [0.4, 0.5) is 5.13 Å². The smallest absolute Gasteiger partial charge is 0.315 e. The Morgan fingerprint density at radius 2 is 2.60 bits per heavy atom. The minimum Gasteiger partial charge on any atom is -0.465 e. The third-order valence-electron chi connectivity index (χ3n) is 2.24. The molecule has 1 aliphatic carbocycles. The van der Waals surface area contributed by atoms with E-state index in [1.807, 2.05) is 12.2 Å². The second-order valence-corrected chi connectivity index (χ2v) is 4.31. The molecule has 0 amide bonds.